The van der Waals surface area contributed by atoms with Crippen LogP contribution in [-0.2, 0) is 6.42 Å². The topological polar surface area (TPSA) is 35.5 Å². The summed E-state index contributed by atoms with van der Waals surface area (Å²) in [5, 5.41) is 1.16. The fourth-order valence-corrected chi connectivity index (χ4v) is 5.38. The van der Waals surface area contributed by atoms with Crippen LogP contribution in [0.5, 0.6) is 11.5 Å². The number of carbonyl (C=O) groups is 1. The van der Waals surface area contributed by atoms with Crippen LogP contribution < -0.4 is 9.47 Å². The second-order valence-corrected chi connectivity index (χ2v) is 9.39. The molecule has 0 aliphatic rings. The van der Waals surface area contributed by atoms with E-state index in [1.165, 1.54) is 52.3 Å². The number of carbonyl (C=O) groups excluding carboxylic acids is 1. The van der Waals surface area contributed by atoms with Crippen molar-refractivity contribution < 1.29 is 14.3 Å². The first-order valence-electron chi connectivity index (χ1n) is 10.2. The van der Waals surface area contributed by atoms with Crippen molar-refractivity contribution in [3.8, 4) is 11.5 Å². The number of benzene rings is 1. The van der Waals surface area contributed by atoms with Gasteiger partial charge in [-0.2, -0.15) is 0 Å². The number of rotatable bonds is 11. The number of thiophene rings is 2. The van der Waals surface area contributed by atoms with Crippen LogP contribution in [0.3, 0.4) is 0 Å². The Balaban J connectivity index is 1.54. The lowest BCUT2D eigenvalue weighted by molar-refractivity contribution is 0.0739. The minimum Gasteiger partial charge on any atom is -0.494 e. The lowest BCUT2D eigenvalue weighted by Crippen LogP contribution is -2.06. The predicted molar refractivity (Wildman–Crippen MR) is 119 cm³/mol. The van der Waals surface area contributed by atoms with Gasteiger partial charge in [-0.3, -0.25) is 0 Å². The van der Waals surface area contributed by atoms with Gasteiger partial charge < -0.3 is 9.47 Å². The van der Waals surface area contributed by atoms with Crippen molar-refractivity contribution in [1.82, 2.24) is 0 Å². The van der Waals surface area contributed by atoms with Crippen LogP contribution in [0.4, 0.5) is 0 Å². The molecule has 0 spiro atoms. The van der Waals surface area contributed by atoms with Crippen LogP contribution in [-0.4, -0.2) is 12.6 Å². The minimum absolute atomic E-state index is 0.294. The first-order valence-corrected chi connectivity index (χ1v) is 11.8. The van der Waals surface area contributed by atoms with E-state index in [0.717, 1.165) is 30.6 Å². The largest absolute Gasteiger partial charge is 0.494 e. The molecule has 1 aromatic carbocycles. The van der Waals surface area contributed by atoms with E-state index >= 15 is 0 Å². The van der Waals surface area contributed by atoms with Crippen LogP contribution in [0.25, 0.3) is 9.40 Å². The summed E-state index contributed by atoms with van der Waals surface area (Å²) in [5.74, 6) is 1.06. The molecule has 0 aliphatic carbocycles. The van der Waals surface area contributed by atoms with Crippen molar-refractivity contribution >= 4 is 38.0 Å². The van der Waals surface area contributed by atoms with E-state index in [2.05, 4.69) is 19.9 Å². The molecule has 3 rings (SSSR count). The van der Waals surface area contributed by atoms with Gasteiger partial charge in [-0.05, 0) is 55.7 Å². The summed E-state index contributed by atoms with van der Waals surface area (Å²) < 4.78 is 12.4. The molecule has 2 heterocycles. The lowest BCUT2D eigenvalue weighted by Gasteiger charge is -2.07. The Labute approximate surface area is 175 Å². The lowest BCUT2D eigenvalue weighted by atomic mass is 10.2. The SMILES string of the molecule is CCCCCOc1ccc(OC(=O)c2cc3cc(CCCCC)sc3s2)cc1. The number of hydrogen-bond donors (Lipinski definition) is 0. The maximum Gasteiger partial charge on any atom is 0.353 e. The molecule has 0 aliphatic heterocycles. The smallest absolute Gasteiger partial charge is 0.353 e. The van der Waals surface area contributed by atoms with Gasteiger partial charge in [0.2, 0.25) is 0 Å². The summed E-state index contributed by atoms with van der Waals surface area (Å²) >= 11 is 3.32. The summed E-state index contributed by atoms with van der Waals surface area (Å²) in [7, 11) is 0. The standard InChI is InChI=1S/C23H28O3S2/c1-3-5-7-9-20-15-17-16-21(28-23(17)27-20)22(24)26-19-12-10-18(11-13-19)25-14-8-6-4-2/h10-13,15-16H,3-9,14H2,1-2H3. The van der Waals surface area contributed by atoms with Crippen molar-refractivity contribution in [3.05, 3.63) is 46.2 Å². The molecule has 3 aromatic rings. The van der Waals surface area contributed by atoms with E-state index in [1.54, 1.807) is 23.5 Å². The Morgan fingerprint density at radius 1 is 0.893 bits per heavy atom. The van der Waals surface area contributed by atoms with Gasteiger partial charge in [-0.15, -0.1) is 22.7 Å². The normalized spacial score (nSPS) is 11.1. The molecule has 0 saturated carbocycles. The molecule has 0 saturated heterocycles. The second kappa shape index (κ2) is 10.6. The first kappa shape index (κ1) is 20.9. The van der Waals surface area contributed by atoms with Gasteiger partial charge in [0.1, 0.15) is 16.4 Å². The van der Waals surface area contributed by atoms with E-state index in [4.69, 9.17) is 9.47 Å². The van der Waals surface area contributed by atoms with Gasteiger partial charge in [0.05, 0.1) is 10.6 Å². The molecular formula is C23H28O3S2. The average molecular weight is 417 g/mol. The molecule has 0 N–H and O–H groups in total. The summed E-state index contributed by atoms with van der Waals surface area (Å²) in [4.78, 5) is 14.5. The zero-order valence-corrected chi connectivity index (χ0v) is 18.3. The van der Waals surface area contributed by atoms with E-state index < -0.39 is 0 Å². The van der Waals surface area contributed by atoms with Gasteiger partial charge in [-0.25, -0.2) is 4.79 Å². The highest BCUT2D eigenvalue weighted by Crippen LogP contribution is 2.35. The van der Waals surface area contributed by atoms with E-state index in [0.29, 0.717) is 10.6 Å². The van der Waals surface area contributed by atoms with Gasteiger partial charge in [0.15, 0.2) is 0 Å². The van der Waals surface area contributed by atoms with Crippen LogP contribution >= 0.6 is 22.7 Å². The highest BCUT2D eigenvalue weighted by molar-refractivity contribution is 7.39. The van der Waals surface area contributed by atoms with Gasteiger partial charge in [0.25, 0.3) is 0 Å². The van der Waals surface area contributed by atoms with Crippen LogP contribution in [0.15, 0.2) is 36.4 Å². The number of ether oxygens (including phenoxy) is 2. The van der Waals surface area contributed by atoms with E-state index in [1.807, 2.05) is 18.2 Å². The van der Waals surface area contributed by atoms with E-state index in [-0.39, 0.29) is 5.97 Å². The van der Waals surface area contributed by atoms with Gasteiger partial charge >= 0.3 is 5.97 Å². The highest BCUT2D eigenvalue weighted by atomic mass is 32.2. The number of hydrogen-bond acceptors (Lipinski definition) is 5. The summed E-state index contributed by atoms with van der Waals surface area (Å²) in [6.45, 7) is 5.12. The molecule has 0 amide bonds. The van der Waals surface area contributed by atoms with Crippen molar-refractivity contribution in [2.75, 3.05) is 6.61 Å². The summed E-state index contributed by atoms with van der Waals surface area (Å²) in [6.07, 6.45) is 8.29. The zero-order valence-electron chi connectivity index (χ0n) is 16.7. The van der Waals surface area contributed by atoms with Gasteiger partial charge in [-0.1, -0.05) is 39.5 Å². The Morgan fingerprint density at radius 3 is 2.32 bits per heavy atom. The van der Waals surface area contributed by atoms with Crippen LogP contribution in [0.2, 0.25) is 0 Å². The maximum atomic E-state index is 12.5. The Hall–Kier alpha value is -1.85. The van der Waals surface area contributed by atoms with Crippen LogP contribution in [0.1, 0.15) is 66.9 Å². The Kier molecular flexibility index (Phi) is 7.92. The minimum atomic E-state index is -0.294. The third-order valence-corrected chi connectivity index (χ3v) is 6.97. The molecule has 2 aromatic heterocycles. The fraction of sp³-hybridized carbons (Fsp3) is 0.435. The monoisotopic (exact) mass is 416 g/mol. The van der Waals surface area contributed by atoms with Crippen molar-refractivity contribution in [2.45, 2.75) is 58.8 Å². The maximum absolute atomic E-state index is 12.5. The molecule has 0 atom stereocenters. The molecule has 0 radical (unpaired) electrons. The number of aryl methyl sites for hydroxylation is 1. The third-order valence-electron chi connectivity index (χ3n) is 4.54. The first-order chi connectivity index (χ1) is 13.7. The van der Waals surface area contributed by atoms with Crippen LogP contribution in [0, 0.1) is 0 Å². The molecule has 3 nitrogen and oxygen atoms in total. The number of esters is 1. The molecule has 150 valence electrons. The summed E-state index contributed by atoms with van der Waals surface area (Å²) in [5.41, 5.74) is 0. The van der Waals surface area contributed by atoms with E-state index in [9.17, 15) is 4.79 Å². The van der Waals surface area contributed by atoms with Crippen molar-refractivity contribution in [1.29, 1.82) is 0 Å². The predicted octanol–water partition coefficient (Wildman–Crippen LogP) is 7.48. The fourth-order valence-electron chi connectivity index (χ4n) is 2.97. The number of unbranched alkanes of at least 4 members (excludes halogenated alkanes) is 4. The molecular weight excluding hydrogens is 388 g/mol. The molecule has 0 fully saturated rings. The molecule has 0 bridgehead atoms. The van der Waals surface area contributed by atoms with Gasteiger partial charge in [0, 0.05) is 10.3 Å². The zero-order chi connectivity index (χ0) is 19.8. The molecule has 0 unspecified atom stereocenters. The quantitative estimate of drug-likeness (QED) is 0.185. The number of fused-ring (bicyclic) bond motifs is 1. The molecule has 28 heavy (non-hydrogen) atoms. The Morgan fingerprint density at radius 2 is 1.61 bits per heavy atom. The second-order valence-electron chi connectivity index (χ2n) is 6.94. The Bertz CT molecular complexity index is 846. The molecule has 5 heteroatoms. The average Bonchev–Trinajstić information content (AvgIpc) is 3.26. The summed E-state index contributed by atoms with van der Waals surface area (Å²) in [6, 6.07) is 11.4. The van der Waals surface area contributed by atoms with Crippen molar-refractivity contribution in [2.24, 2.45) is 0 Å². The highest BCUT2D eigenvalue weighted by Gasteiger charge is 2.15. The third kappa shape index (κ3) is 5.82. The van der Waals surface area contributed by atoms with Crippen molar-refractivity contribution in [3.63, 3.8) is 0 Å².